The number of nitrogens with zero attached hydrogens (tertiary/aromatic N) is 4. The van der Waals surface area contributed by atoms with E-state index in [1.54, 1.807) is 13.1 Å². The summed E-state index contributed by atoms with van der Waals surface area (Å²) in [6, 6.07) is 5.00. The second kappa shape index (κ2) is 11.0. The first-order valence-electron chi connectivity index (χ1n) is 8.70. The van der Waals surface area contributed by atoms with E-state index in [-0.39, 0.29) is 29.8 Å². The highest BCUT2D eigenvalue weighted by Gasteiger charge is 2.15. The number of guanidine groups is 1. The zero-order valence-electron chi connectivity index (χ0n) is 16.5. The molecule has 2 rings (SSSR count). The Hall–Kier alpha value is -1.16. The molecule has 0 saturated heterocycles. The molecule has 2 aromatic rings. The van der Waals surface area contributed by atoms with Gasteiger partial charge in [-0.15, -0.1) is 24.0 Å². The Morgan fingerprint density at radius 3 is 2.70 bits per heavy atom. The largest absolute Gasteiger partial charge is 0.356 e. The van der Waals surface area contributed by atoms with Gasteiger partial charge in [-0.1, -0.05) is 29.8 Å². The fraction of sp³-hybridized carbons (Fsp3) is 0.474. The number of halogens is 3. The van der Waals surface area contributed by atoms with Crippen LogP contribution in [0.4, 0.5) is 4.39 Å². The smallest absolute Gasteiger partial charge is 0.193 e. The molecule has 0 unspecified atom stereocenters. The average Bonchev–Trinajstić information content (AvgIpc) is 2.95. The topological polar surface area (TPSA) is 45.5 Å². The summed E-state index contributed by atoms with van der Waals surface area (Å²) in [4.78, 5) is 6.39. The molecule has 0 aliphatic carbocycles. The highest BCUT2D eigenvalue weighted by atomic mass is 127. The highest BCUT2D eigenvalue weighted by Crippen LogP contribution is 2.19. The van der Waals surface area contributed by atoms with Crippen LogP contribution < -0.4 is 5.32 Å². The fourth-order valence-electron chi connectivity index (χ4n) is 2.92. The number of aryl methyl sites for hydroxylation is 1. The zero-order chi connectivity index (χ0) is 19.3. The van der Waals surface area contributed by atoms with E-state index in [1.807, 2.05) is 24.8 Å². The van der Waals surface area contributed by atoms with E-state index >= 15 is 0 Å². The van der Waals surface area contributed by atoms with E-state index in [4.69, 9.17) is 0 Å². The van der Waals surface area contributed by atoms with Crippen molar-refractivity contribution < 1.29 is 4.39 Å². The van der Waals surface area contributed by atoms with E-state index in [2.05, 4.69) is 56.3 Å². The molecule has 1 aromatic carbocycles. The van der Waals surface area contributed by atoms with Crippen LogP contribution in [0.15, 0.2) is 33.9 Å². The van der Waals surface area contributed by atoms with Crippen LogP contribution in [0.1, 0.15) is 36.6 Å². The zero-order valence-corrected chi connectivity index (χ0v) is 20.4. The van der Waals surface area contributed by atoms with Crippen molar-refractivity contribution >= 4 is 45.9 Å². The van der Waals surface area contributed by atoms with E-state index in [9.17, 15) is 4.39 Å². The highest BCUT2D eigenvalue weighted by molar-refractivity contribution is 14.0. The predicted octanol–water partition coefficient (Wildman–Crippen LogP) is 4.31. The maximum absolute atomic E-state index is 13.8. The van der Waals surface area contributed by atoms with Gasteiger partial charge >= 0.3 is 0 Å². The summed E-state index contributed by atoms with van der Waals surface area (Å²) in [5.41, 5.74) is 2.97. The molecular formula is C19H28BrFIN5. The fourth-order valence-corrected chi connectivity index (χ4v) is 3.33. The molecule has 8 heteroatoms. The third-order valence-electron chi connectivity index (χ3n) is 4.15. The average molecular weight is 552 g/mol. The summed E-state index contributed by atoms with van der Waals surface area (Å²) >= 11 is 3.38. The summed E-state index contributed by atoms with van der Waals surface area (Å²) in [7, 11) is 5.69. The van der Waals surface area contributed by atoms with Gasteiger partial charge in [0.15, 0.2) is 5.96 Å². The summed E-state index contributed by atoms with van der Waals surface area (Å²) in [5, 5.41) is 7.86. The minimum Gasteiger partial charge on any atom is -0.356 e. The van der Waals surface area contributed by atoms with Crippen molar-refractivity contribution in [2.45, 2.75) is 32.7 Å². The van der Waals surface area contributed by atoms with Crippen LogP contribution in [0, 0.1) is 5.82 Å². The van der Waals surface area contributed by atoms with Crippen LogP contribution in [0.5, 0.6) is 0 Å². The second-order valence-corrected chi connectivity index (χ2v) is 7.60. The molecule has 0 fully saturated rings. The minimum absolute atomic E-state index is 0. The van der Waals surface area contributed by atoms with Crippen molar-refractivity contribution in [3.63, 3.8) is 0 Å². The van der Waals surface area contributed by atoms with Crippen LogP contribution in [0.3, 0.4) is 0 Å². The molecular weight excluding hydrogens is 524 g/mol. The minimum atomic E-state index is -0.185. The van der Waals surface area contributed by atoms with Crippen LogP contribution in [-0.4, -0.2) is 41.3 Å². The molecule has 0 bridgehead atoms. The first-order chi connectivity index (χ1) is 12.3. The number of hydrogen-bond acceptors (Lipinski definition) is 2. The Bertz CT molecular complexity index is 775. The number of aromatic nitrogens is 2. The lowest BCUT2D eigenvalue weighted by atomic mass is 10.1. The molecule has 0 aliphatic heterocycles. The van der Waals surface area contributed by atoms with Crippen molar-refractivity contribution in [3.05, 3.63) is 51.5 Å². The SMILES string of the molecule is CN=C(NCCc1cc(Br)ccc1F)N(C)Cc1cn(C)nc1C(C)C.I. The second-order valence-electron chi connectivity index (χ2n) is 6.68. The number of aliphatic imine (C=N–C) groups is 1. The van der Waals surface area contributed by atoms with Gasteiger partial charge in [-0.3, -0.25) is 9.67 Å². The quantitative estimate of drug-likeness (QED) is 0.330. The molecule has 5 nitrogen and oxygen atoms in total. The van der Waals surface area contributed by atoms with Crippen molar-refractivity contribution in [1.29, 1.82) is 0 Å². The van der Waals surface area contributed by atoms with E-state index in [0.717, 1.165) is 16.1 Å². The Labute approximate surface area is 186 Å². The molecule has 0 aliphatic rings. The number of hydrogen-bond donors (Lipinski definition) is 1. The summed E-state index contributed by atoms with van der Waals surface area (Å²) in [5.74, 6) is 0.961. The molecule has 0 radical (unpaired) electrons. The van der Waals surface area contributed by atoms with Crippen molar-refractivity contribution in [3.8, 4) is 0 Å². The molecule has 1 N–H and O–H groups in total. The standard InChI is InChI=1S/C19H27BrFN5.HI/c1-13(2)18-15(12-26(5)24-18)11-25(4)19(22-3)23-9-8-14-10-16(20)6-7-17(14)21;/h6-7,10,12-13H,8-9,11H2,1-5H3,(H,22,23);1H. The Kier molecular flexibility index (Phi) is 9.72. The number of nitrogens with one attached hydrogen (secondary N) is 1. The van der Waals surface area contributed by atoms with E-state index < -0.39 is 0 Å². The monoisotopic (exact) mass is 551 g/mol. The Balaban J connectivity index is 0.00000364. The Morgan fingerprint density at radius 1 is 1.37 bits per heavy atom. The van der Waals surface area contributed by atoms with Gasteiger partial charge < -0.3 is 10.2 Å². The number of benzene rings is 1. The lowest BCUT2D eigenvalue weighted by Crippen LogP contribution is -2.39. The molecule has 150 valence electrons. The van der Waals surface area contributed by atoms with Gasteiger partial charge in [0.1, 0.15) is 5.82 Å². The number of rotatable bonds is 6. The molecule has 1 heterocycles. The normalized spacial score (nSPS) is 11.5. The molecule has 0 saturated carbocycles. The molecule has 0 amide bonds. The third kappa shape index (κ3) is 6.74. The molecule has 27 heavy (non-hydrogen) atoms. The lowest BCUT2D eigenvalue weighted by Gasteiger charge is -2.22. The molecule has 0 atom stereocenters. The van der Waals surface area contributed by atoms with Crippen molar-refractivity contribution in [1.82, 2.24) is 20.0 Å². The third-order valence-corrected chi connectivity index (χ3v) is 4.64. The summed E-state index contributed by atoms with van der Waals surface area (Å²) in [6.07, 6.45) is 2.64. The van der Waals surface area contributed by atoms with E-state index in [1.165, 1.54) is 11.6 Å². The van der Waals surface area contributed by atoms with Crippen LogP contribution in [0.25, 0.3) is 0 Å². The van der Waals surface area contributed by atoms with Gasteiger partial charge in [0.2, 0.25) is 0 Å². The van der Waals surface area contributed by atoms with Crippen LogP contribution >= 0.6 is 39.9 Å². The predicted molar refractivity (Wildman–Crippen MR) is 123 cm³/mol. The van der Waals surface area contributed by atoms with Gasteiger partial charge in [-0.2, -0.15) is 5.10 Å². The van der Waals surface area contributed by atoms with Crippen molar-refractivity contribution in [2.24, 2.45) is 12.0 Å². The van der Waals surface area contributed by atoms with Gasteiger partial charge in [0.05, 0.1) is 5.69 Å². The van der Waals surface area contributed by atoms with Gasteiger partial charge in [-0.25, -0.2) is 4.39 Å². The maximum Gasteiger partial charge on any atom is 0.193 e. The van der Waals surface area contributed by atoms with Gasteiger partial charge in [0, 0.05) is 50.5 Å². The summed E-state index contributed by atoms with van der Waals surface area (Å²) in [6.45, 7) is 5.61. The Morgan fingerprint density at radius 2 is 2.07 bits per heavy atom. The van der Waals surface area contributed by atoms with Crippen LogP contribution in [0.2, 0.25) is 0 Å². The molecule has 0 spiro atoms. The van der Waals surface area contributed by atoms with Gasteiger partial charge in [-0.05, 0) is 36.1 Å². The van der Waals surface area contributed by atoms with Crippen LogP contribution in [-0.2, 0) is 20.0 Å². The van der Waals surface area contributed by atoms with Gasteiger partial charge in [0.25, 0.3) is 0 Å². The van der Waals surface area contributed by atoms with E-state index in [0.29, 0.717) is 31.0 Å². The van der Waals surface area contributed by atoms with Crippen molar-refractivity contribution in [2.75, 3.05) is 20.6 Å². The first-order valence-corrected chi connectivity index (χ1v) is 9.49. The lowest BCUT2D eigenvalue weighted by molar-refractivity contribution is 0.473. The summed E-state index contributed by atoms with van der Waals surface area (Å²) < 4.78 is 16.6. The molecule has 1 aromatic heterocycles. The maximum atomic E-state index is 13.8. The first kappa shape index (κ1) is 23.9.